The topological polar surface area (TPSA) is 109 Å². The Labute approximate surface area is 216 Å². The highest BCUT2D eigenvalue weighted by molar-refractivity contribution is 5.96. The summed E-state index contributed by atoms with van der Waals surface area (Å²) in [6.45, 7) is 12.2. The van der Waals surface area contributed by atoms with Gasteiger partial charge in [-0.05, 0) is 46.9 Å². The molecular formula is C28H31N5O4. The first-order valence-electron chi connectivity index (χ1n) is 12.1. The summed E-state index contributed by atoms with van der Waals surface area (Å²) in [4.78, 5) is 33.4. The molecule has 2 aromatic heterocycles. The van der Waals surface area contributed by atoms with Crippen LogP contribution >= 0.6 is 0 Å². The zero-order valence-electron chi connectivity index (χ0n) is 21.3. The second-order valence-corrected chi connectivity index (χ2v) is 9.92. The molecular weight excluding hydrogens is 470 g/mol. The summed E-state index contributed by atoms with van der Waals surface area (Å²) in [6.07, 6.45) is 4.56. The van der Waals surface area contributed by atoms with Crippen LogP contribution in [0.5, 0.6) is 5.75 Å². The molecule has 37 heavy (non-hydrogen) atoms. The molecule has 0 bridgehead atoms. The summed E-state index contributed by atoms with van der Waals surface area (Å²) >= 11 is 0. The van der Waals surface area contributed by atoms with Crippen molar-refractivity contribution < 1.29 is 19.4 Å². The summed E-state index contributed by atoms with van der Waals surface area (Å²) in [5.41, 5.74) is 3.17. The molecule has 9 heteroatoms. The lowest BCUT2D eigenvalue weighted by Crippen LogP contribution is -2.49. The van der Waals surface area contributed by atoms with Gasteiger partial charge in [0, 0.05) is 43.5 Å². The maximum Gasteiger partial charge on any atom is 0.359 e. The van der Waals surface area contributed by atoms with Crippen LogP contribution < -0.4 is 4.90 Å². The van der Waals surface area contributed by atoms with Gasteiger partial charge in [0.1, 0.15) is 12.4 Å². The second kappa shape index (κ2) is 10.8. The Morgan fingerprint density at radius 1 is 1.03 bits per heavy atom. The second-order valence-electron chi connectivity index (χ2n) is 9.92. The molecule has 0 unspecified atom stereocenters. The van der Waals surface area contributed by atoms with Crippen LogP contribution in [0.25, 0.3) is 11.1 Å². The fourth-order valence-electron chi connectivity index (χ4n) is 4.07. The number of benzene rings is 1. The van der Waals surface area contributed by atoms with Crippen LogP contribution in [0.1, 0.15) is 47.2 Å². The van der Waals surface area contributed by atoms with E-state index in [-0.39, 0.29) is 29.4 Å². The van der Waals surface area contributed by atoms with Crippen molar-refractivity contribution in [2.24, 2.45) is 0 Å². The van der Waals surface area contributed by atoms with E-state index in [0.717, 1.165) is 16.7 Å². The molecule has 3 aromatic rings. The smallest absolute Gasteiger partial charge is 0.359 e. The highest BCUT2D eigenvalue weighted by atomic mass is 16.5. The summed E-state index contributed by atoms with van der Waals surface area (Å²) in [7, 11) is 0. The number of rotatable bonds is 6. The maximum atomic E-state index is 13.5. The molecule has 1 aliphatic rings. The van der Waals surface area contributed by atoms with Crippen LogP contribution in [-0.2, 0) is 10.2 Å². The Morgan fingerprint density at radius 2 is 1.78 bits per heavy atom. The van der Waals surface area contributed by atoms with Gasteiger partial charge in [-0.3, -0.25) is 9.78 Å². The average Bonchev–Trinajstić information content (AvgIpc) is 2.90. The molecule has 0 radical (unpaired) electrons. The number of piperazine rings is 1. The lowest BCUT2D eigenvalue weighted by Gasteiger charge is -2.35. The molecule has 1 fully saturated rings. The van der Waals surface area contributed by atoms with Gasteiger partial charge in [0.2, 0.25) is 0 Å². The Kier molecular flexibility index (Phi) is 7.52. The van der Waals surface area contributed by atoms with E-state index < -0.39 is 5.97 Å². The Balaban J connectivity index is 1.48. The Hall–Kier alpha value is -4.27. The van der Waals surface area contributed by atoms with Crippen LogP contribution in [0.4, 0.5) is 5.82 Å². The summed E-state index contributed by atoms with van der Waals surface area (Å²) in [5, 5.41) is 18.1. The molecule has 9 nitrogen and oxygen atoms in total. The lowest BCUT2D eigenvalue weighted by molar-refractivity contribution is 0.0541. The number of ether oxygens (including phenoxy) is 1. The number of nitrogens with zero attached hydrogens (tertiary/aromatic N) is 5. The monoisotopic (exact) mass is 501 g/mol. The van der Waals surface area contributed by atoms with Crippen LogP contribution in [0.2, 0.25) is 0 Å². The number of esters is 1. The number of amides is 1. The van der Waals surface area contributed by atoms with Gasteiger partial charge in [-0.25, -0.2) is 4.79 Å². The molecule has 4 rings (SSSR count). The minimum absolute atomic E-state index is 0.0495. The van der Waals surface area contributed by atoms with E-state index in [4.69, 9.17) is 4.74 Å². The fourth-order valence-corrected chi connectivity index (χ4v) is 4.07. The molecule has 1 amide bonds. The first kappa shape index (κ1) is 25.8. The molecule has 3 heterocycles. The van der Waals surface area contributed by atoms with Crippen LogP contribution in [-0.4, -0.2) is 69.9 Å². The summed E-state index contributed by atoms with van der Waals surface area (Å²) in [5.74, 6) is 0.118. The molecule has 1 aliphatic heterocycles. The average molecular weight is 502 g/mol. The van der Waals surface area contributed by atoms with Gasteiger partial charge in [0.05, 0.1) is 6.20 Å². The quantitative estimate of drug-likeness (QED) is 0.401. The van der Waals surface area contributed by atoms with Crippen molar-refractivity contribution in [1.82, 2.24) is 20.1 Å². The number of aromatic nitrogens is 3. The van der Waals surface area contributed by atoms with Crippen molar-refractivity contribution >= 4 is 17.7 Å². The van der Waals surface area contributed by atoms with E-state index in [0.29, 0.717) is 37.6 Å². The van der Waals surface area contributed by atoms with Gasteiger partial charge in [0.15, 0.2) is 11.5 Å². The van der Waals surface area contributed by atoms with Crippen molar-refractivity contribution in [1.29, 1.82) is 0 Å². The van der Waals surface area contributed by atoms with E-state index in [1.165, 1.54) is 12.3 Å². The number of carbonyl (C=O) groups excluding carboxylic acids is 2. The van der Waals surface area contributed by atoms with E-state index in [1.807, 2.05) is 28.0 Å². The Morgan fingerprint density at radius 3 is 2.41 bits per heavy atom. The highest BCUT2D eigenvalue weighted by Gasteiger charge is 2.25. The van der Waals surface area contributed by atoms with E-state index in [1.54, 1.807) is 24.4 Å². The largest absolute Gasteiger partial charge is 0.506 e. The number of hydrogen-bond acceptors (Lipinski definition) is 8. The van der Waals surface area contributed by atoms with Gasteiger partial charge >= 0.3 is 5.97 Å². The van der Waals surface area contributed by atoms with Gasteiger partial charge in [0.25, 0.3) is 5.91 Å². The van der Waals surface area contributed by atoms with Crippen LogP contribution in [0.15, 0.2) is 61.4 Å². The van der Waals surface area contributed by atoms with Gasteiger partial charge in [-0.1, -0.05) is 39.5 Å². The molecule has 1 N–H and O–H groups in total. The number of anilines is 1. The predicted molar refractivity (Wildman–Crippen MR) is 141 cm³/mol. The minimum atomic E-state index is -0.548. The van der Waals surface area contributed by atoms with Crippen molar-refractivity contribution in [2.75, 3.05) is 37.7 Å². The maximum absolute atomic E-state index is 13.5. The zero-order chi connectivity index (χ0) is 26.6. The van der Waals surface area contributed by atoms with Gasteiger partial charge in [-0.2, -0.15) is 0 Å². The van der Waals surface area contributed by atoms with Gasteiger partial charge in [-0.15, -0.1) is 10.2 Å². The van der Waals surface area contributed by atoms with Crippen LogP contribution in [0, 0.1) is 0 Å². The zero-order valence-corrected chi connectivity index (χ0v) is 21.3. The molecule has 0 saturated carbocycles. The molecule has 0 atom stereocenters. The summed E-state index contributed by atoms with van der Waals surface area (Å²) in [6, 6.07) is 10.8. The van der Waals surface area contributed by atoms with E-state index >= 15 is 0 Å². The fraction of sp³-hybridized carbons (Fsp3) is 0.321. The predicted octanol–water partition coefficient (Wildman–Crippen LogP) is 3.85. The third kappa shape index (κ3) is 6.11. The molecule has 192 valence electrons. The summed E-state index contributed by atoms with van der Waals surface area (Å²) < 4.78 is 4.98. The normalized spacial score (nSPS) is 13.8. The first-order chi connectivity index (χ1) is 17.7. The number of aromatic hydroxyl groups is 1. The number of carbonyl (C=O) groups is 2. The number of pyridine rings is 1. The van der Waals surface area contributed by atoms with Gasteiger partial charge < -0.3 is 19.6 Å². The van der Waals surface area contributed by atoms with Crippen molar-refractivity contribution in [2.45, 2.75) is 26.2 Å². The lowest BCUT2D eigenvalue weighted by atomic mass is 9.84. The Bertz CT molecular complexity index is 1290. The standard InChI is InChI=1S/C28H31N5O4/c1-5-12-37-27(36)24-6-7-25(31-30-24)32-8-10-33(11-9-32)26(35)20-13-19(14-22(15-20)28(2,3)4)21-16-23(34)18-29-17-21/h5-7,13-18,34H,1,8-12H2,2-4H3. The minimum Gasteiger partial charge on any atom is -0.506 e. The first-order valence-corrected chi connectivity index (χ1v) is 12.1. The molecule has 0 aliphatic carbocycles. The SMILES string of the molecule is C=CCOC(=O)c1ccc(N2CCN(C(=O)c3cc(-c4cncc(O)c4)cc(C(C)(C)C)c3)CC2)nn1. The van der Waals surface area contributed by atoms with Crippen molar-refractivity contribution in [3.05, 3.63) is 78.3 Å². The van der Waals surface area contributed by atoms with Crippen molar-refractivity contribution in [3.63, 3.8) is 0 Å². The van der Waals surface area contributed by atoms with Crippen LogP contribution in [0.3, 0.4) is 0 Å². The number of hydrogen-bond donors (Lipinski definition) is 1. The highest BCUT2D eigenvalue weighted by Crippen LogP contribution is 2.31. The third-order valence-electron chi connectivity index (χ3n) is 6.19. The molecule has 1 aromatic carbocycles. The van der Waals surface area contributed by atoms with E-state index in [2.05, 4.69) is 42.5 Å². The third-order valence-corrected chi connectivity index (χ3v) is 6.19. The van der Waals surface area contributed by atoms with E-state index in [9.17, 15) is 14.7 Å². The molecule has 1 saturated heterocycles. The molecule has 0 spiro atoms. The van der Waals surface area contributed by atoms with Crippen molar-refractivity contribution in [3.8, 4) is 16.9 Å².